The first kappa shape index (κ1) is 20.9. The van der Waals surface area contributed by atoms with Crippen molar-refractivity contribution in [3.63, 3.8) is 0 Å². The normalized spacial score (nSPS) is 10.2. The average Bonchev–Trinajstić information content (AvgIpc) is 2.81. The second-order valence-corrected chi connectivity index (χ2v) is 6.35. The Kier molecular flexibility index (Phi) is 7.05. The van der Waals surface area contributed by atoms with Gasteiger partial charge in [0.05, 0.1) is 39.3 Å². The summed E-state index contributed by atoms with van der Waals surface area (Å²) in [4.78, 5) is 20.7. The molecule has 2 aromatic carbocycles. The van der Waals surface area contributed by atoms with E-state index in [1.807, 2.05) is 42.5 Å². The number of rotatable bonds is 8. The van der Waals surface area contributed by atoms with E-state index in [2.05, 4.69) is 20.6 Å². The highest BCUT2D eigenvalue weighted by Crippen LogP contribution is 2.27. The molecule has 0 radical (unpaired) electrons. The Morgan fingerprint density at radius 1 is 0.833 bits per heavy atom. The second kappa shape index (κ2) is 10.1. The summed E-state index contributed by atoms with van der Waals surface area (Å²) >= 11 is 0. The van der Waals surface area contributed by atoms with Gasteiger partial charge in [-0.25, -0.2) is 14.8 Å². The van der Waals surface area contributed by atoms with Gasteiger partial charge in [0.1, 0.15) is 12.1 Å². The van der Waals surface area contributed by atoms with E-state index >= 15 is 0 Å². The summed E-state index contributed by atoms with van der Waals surface area (Å²) in [5.41, 5.74) is 3.32. The molecule has 0 spiro atoms. The molecule has 30 heavy (non-hydrogen) atoms. The summed E-state index contributed by atoms with van der Waals surface area (Å²) in [6.45, 7) is 0.635. The van der Waals surface area contributed by atoms with Crippen molar-refractivity contribution < 1.29 is 19.0 Å². The van der Waals surface area contributed by atoms with Crippen molar-refractivity contribution in [3.05, 3.63) is 66.1 Å². The number of nitrogens with one attached hydrogen (secondary N) is 2. The van der Waals surface area contributed by atoms with E-state index in [0.29, 0.717) is 23.7 Å². The monoisotopic (exact) mass is 408 g/mol. The minimum absolute atomic E-state index is 0.281. The lowest BCUT2D eigenvalue weighted by atomic mass is 10.1. The van der Waals surface area contributed by atoms with E-state index < -0.39 is 0 Å². The Bertz CT molecular complexity index is 993. The van der Waals surface area contributed by atoms with Crippen LogP contribution < -0.4 is 24.8 Å². The highest BCUT2D eigenvalue weighted by Gasteiger charge is 2.07. The molecule has 0 atom stereocenters. The van der Waals surface area contributed by atoms with Crippen molar-refractivity contribution in [2.75, 3.05) is 21.3 Å². The quantitative estimate of drug-likeness (QED) is 0.595. The summed E-state index contributed by atoms with van der Waals surface area (Å²) in [5, 5.41) is 5.61. The molecule has 2 amide bonds. The fourth-order valence-electron chi connectivity index (χ4n) is 2.82. The lowest BCUT2D eigenvalue weighted by molar-refractivity contribution is 0.240. The number of urea groups is 1. The van der Waals surface area contributed by atoms with E-state index in [9.17, 15) is 4.79 Å². The van der Waals surface area contributed by atoms with Crippen LogP contribution in [0.2, 0.25) is 0 Å². The van der Waals surface area contributed by atoms with Crippen molar-refractivity contribution in [3.8, 4) is 28.5 Å². The predicted octanol–water partition coefficient (Wildman–Crippen LogP) is 3.17. The smallest absolute Gasteiger partial charge is 0.315 e. The van der Waals surface area contributed by atoms with Crippen LogP contribution in [0, 0.1) is 0 Å². The molecule has 0 unspecified atom stereocenters. The summed E-state index contributed by atoms with van der Waals surface area (Å²) in [6.07, 6.45) is 1.48. The van der Waals surface area contributed by atoms with Crippen LogP contribution >= 0.6 is 0 Å². The molecular weight excluding hydrogens is 384 g/mol. The van der Waals surface area contributed by atoms with Crippen LogP contribution in [0.5, 0.6) is 17.2 Å². The van der Waals surface area contributed by atoms with Crippen molar-refractivity contribution in [1.29, 1.82) is 0 Å². The van der Waals surface area contributed by atoms with Gasteiger partial charge in [-0.1, -0.05) is 6.07 Å². The van der Waals surface area contributed by atoms with Crippen molar-refractivity contribution in [2.24, 2.45) is 0 Å². The first-order valence-corrected chi connectivity index (χ1v) is 9.31. The largest absolute Gasteiger partial charge is 0.497 e. The van der Waals surface area contributed by atoms with Crippen LogP contribution in [-0.4, -0.2) is 37.3 Å². The van der Waals surface area contributed by atoms with Gasteiger partial charge in [-0.3, -0.25) is 0 Å². The predicted molar refractivity (Wildman–Crippen MR) is 113 cm³/mol. The second-order valence-electron chi connectivity index (χ2n) is 6.35. The maximum Gasteiger partial charge on any atom is 0.315 e. The van der Waals surface area contributed by atoms with Crippen LogP contribution in [0.1, 0.15) is 11.3 Å². The zero-order chi connectivity index (χ0) is 21.3. The molecular formula is C22H24N4O4. The molecule has 3 rings (SSSR count). The molecule has 0 aliphatic heterocycles. The van der Waals surface area contributed by atoms with Gasteiger partial charge in [-0.15, -0.1) is 0 Å². The van der Waals surface area contributed by atoms with Crippen LogP contribution in [0.15, 0.2) is 54.9 Å². The molecule has 156 valence electrons. The average molecular weight is 408 g/mol. The molecule has 3 aromatic rings. The Hall–Kier alpha value is -3.81. The Balaban J connectivity index is 1.54. The minimum atomic E-state index is -0.297. The molecule has 1 heterocycles. The molecule has 0 aliphatic rings. The minimum Gasteiger partial charge on any atom is -0.497 e. The van der Waals surface area contributed by atoms with Crippen molar-refractivity contribution in [1.82, 2.24) is 20.6 Å². The molecule has 1 aromatic heterocycles. The highest BCUT2D eigenvalue weighted by atomic mass is 16.5. The first-order chi connectivity index (χ1) is 14.6. The van der Waals surface area contributed by atoms with E-state index in [-0.39, 0.29) is 12.6 Å². The maximum absolute atomic E-state index is 12.2. The third kappa shape index (κ3) is 5.38. The van der Waals surface area contributed by atoms with E-state index in [0.717, 1.165) is 22.6 Å². The SMILES string of the molecule is COc1ccc(-c2cc(CNC(=O)NCc3ccc(OC)c(OC)c3)ncn2)cc1. The molecule has 0 aliphatic carbocycles. The van der Waals surface area contributed by atoms with Crippen LogP contribution in [0.4, 0.5) is 4.79 Å². The number of hydrogen-bond donors (Lipinski definition) is 2. The topological polar surface area (TPSA) is 94.6 Å². The third-order valence-corrected chi connectivity index (χ3v) is 4.44. The number of hydrogen-bond acceptors (Lipinski definition) is 6. The Morgan fingerprint density at radius 2 is 1.57 bits per heavy atom. The van der Waals surface area contributed by atoms with Crippen molar-refractivity contribution >= 4 is 6.03 Å². The first-order valence-electron chi connectivity index (χ1n) is 9.31. The van der Waals surface area contributed by atoms with Gasteiger partial charge in [-0.2, -0.15) is 0 Å². The number of aromatic nitrogens is 2. The third-order valence-electron chi connectivity index (χ3n) is 4.44. The number of carbonyl (C=O) groups excluding carboxylic acids is 1. The zero-order valence-electron chi connectivity index (χ0n) is 17.1. The number of methoxy groups -OCH3 is 3. The molecule has 2 N–H and O–H groups in total. The molecule has 0 saturated heterocycles. The van der Waals surface area contributed by atoms with Gasteiger partial charge in [0.25, 0.3) is 0 Å². The standard InChI is InChI=1S/C22H24N4O4/c1-28-18-7-5-16(6-8-18)19-11-17(25-14-26-19)13-24-22(27)23-12-15-4-9-20(29-2)21(10-15)30-3/h4-11,14H,12-13H2,1-3H3,(H2,23,24,27). The maximum atomic E-state index is 12.2. The number of benzene rings is 2. The molecule has 0 bridgehead atoms. The fourth-order valence-corrected chi connectivity index (χ4v) is 2.82. The number of ether oxygens (including phenoxy) is 3. The van der Waals surface area contributed by atoms with Gasteiger partial charge < -0.3 is 24.8 Å². The van der Waals surface area contributed by atoms with Gasteiger partial charge in [-0.05, 0) is 48.0 Å². The van der Waals surface area contributed by atoms with Gasteiger partial charge in [0.2, 0.25) is 0 Å². The van der Waals surface area contributed by atoms with Gasteiger partial charge >= 0.3 is 6.03 Å². The van der Waals surface area contributed by atoms with E-state index in [1.54, 1.807) is 27.4 Å². The van der Waals surface area contributed by atoms with Crippen LogP contribution in [0.25, 0.3) is 11.3 Å². The Labute approximate surface area is 175 Å². The number of nitrogens with zero attached hydrogens (tertiary/aromatic N) is 2. The van der Waals surface area contributed by atoms with Crippen LogP contribution in [-0.2, 0) is 13.1 Å². The summed E-state index contributed by atoms with van der Waals surface area (Å²) in [6, 6.07) is 14.6. The lowest BCUT2D eigenvalue weighted by Crippen LogP contribution is -2.34. The summed E-state index contributed by atoms with van der Waals surface area (Å²) in [5.74, 6) is 2.03. The zero-order valence-corrected chi connectivity index (χ0v) is 17.1. The van der Waals surface area contributed by atoms with E-state index in [1.165, 1.54) is 6.33 Å². The van der Waals surface area contributed by atoms with Gasteiger partial charge in [0.15, 0.2) is 11.5 Å². The highest BCUT2D eigenvalue weighted by molar-refractivity contribution is 5.73. The summed E-state index contributed by atoms with van der Waals surface area (Å²) < 4.78 is 15.7. The number of carbonyl (C=O) groups is 1. The fraction of sp³-hybridized carbons (Fsp3) is 0.227. The summed E-state index contributed by atoms with van der Waals surface area (Å²) in [7, 11) is 4.78. The lowest BCUT2D eigenvalue weighted by Gasteiger charge is -2.11. The number of amides is 2. The molecule has 8 nitrogen and oxygen atoms in total. The molecule has 0 fully saturated rings. The molecule has 0 saturated carbocycles. The van der Waals surface area contributed by atoms with Crippen LogP contribution in [0.3, 0.4) is 0 Å². The Morgan fingerprint density at radius 3 is 2.27 bits per heavy atom. The molecule has 8 heteroatoms. The van der Waals surface area contributed by atoms with E-state index in [4.69, 9.17) is 14.2 Å². The van der Waals surface area contributed by atoms with Crippen molar-refractivity contribution in [2.45, 2.75) is 13.1 Å². The van der Waals surface area contributed by atoms with Gasteiger partial charge in [0, 0.05) is 12.1 Å².